The van der Waals surface area contributed by atoms with Crippen LogP contribution in [0.3, 0.4) is 0 Å². The molecule has 6 nitrogen and oxygen atoms in total. The second kappa shape index (κ2) is 7.31. The second-order valence-electron chi connectivity index (χ2n) is 6.69. The van der Waals surface area contributed by atoms with Gasteiger partial charge >= 0.3 is 0 Å². The van der Waals surface area contributed by atoms with Crippen LogP contribution in [0.5, 0.6) is 11.5 Å². The van der Waals surface area contributed by atoms with Crippen LogP contribution in [0.25, 0.3) is 11.1 Å². The third-order valence-corrected chi connectivity index (χ3v) is 5.04. The van der Waals surface area contributed by atoms with Crippen molar-refractivity contribution in [3.05, 3.63) is 53.9 Å². The molecule has 1 fully saturated rings. The SMILES string of the molecule is COc1cc(OC)cc(C(=O)N2CCC(c3nc4ccccc4o3)CC2)c1. The maximum Gasteiger partial charge on any atom is 0.254 e. The molecule has 0 radical (unpaired) electrons. The van der Waals surface area contributed by atoms with E-state index in [0.717, 1.165) is 29.8 Å². The third kappa shape index (κ3) is 3.47. The van der Waals surface area contributed by atoms with Crippen LogP contribution in [-0.4, -0.2) is 43.1 Å². The maximum absolute atomic E-state index is 12.9. The van der Waals surface area contributed by atoms with Crippen LogP contribution < -0.4 is 9.47 Å². The molecule has 4 rings (SSSR count). The van der Waals surface area contributed by atoms with Crippen molar-refractivity contribution in [2.75, 3.05) is 27.3 Å². The summed E-state index contributed by atoms with van der Waals surface area (Å²) in [6, 6.07) is 13.0. The molecule has 0 spiro atoms. The zero-order chi connectivity index (χ0) is 18.8. The van der Waals surface area contributed by atoms with Crippen molar-refractivity contribution in [1.29, 1.82) is 0 Å². The fourth-order valence-electron chi connectivity index (χ4n) is 3.51. The van der Waals surface area contributed by atoms with E-state index in [9.17, 15) is 4.79 Å². The lowest BCUT2D eigenvalue weighted by atomic mass is 9.96. The molecule has 6 heteroatoms. The molecular weight excluding hydrogens is 344 g/mol. The molecule has 0 bridgehead atoms. The van der Waals surface area contributed by atoms with Gasteiger partial charge in [-0.2, -0.15) is 0 Å². The van der Waals surface area contributed by atoms with Gasteiger partial charge in [0.1, 0.15) is 17.0 Å². The predicted octanol–water partition coefficient (Wildman–Crippen LogP) is 3.86. The number of amides is 1. The quantitative estimate of drug-likeness (QED) is 0.701. The maximum atomic E-state index is 12.9. The van der Waals surface area contributed by atoms with Crippen LogP contribution in [0.4, 0.5) is 0 Å². The molecule has 27 heavy (non-hydrogen) atoms. The van der Waals surface area contributed by atoms with Crippen LogP contribution >= 0.6 is 0 Å². The molecule has 2 heterocycles. The van der Waals surface area contributed by atoms with Crippen molar-refractivity contribution in [2.45, 2.75) is 18.8 Å². The molecule has 0 N–H and O–H groups in total. The van der Waals surface area contributed by atoms with Crippen LogP contribution in [-0.2, 0) is 0 Å². The summed E-state index contributed by atoms with van der Waals surface area (Å²) in [6.45, 7) is 1.34. The summed E-state index contributed by atoms with van der Waals surface area (Å²) in [5, 5.41) is 0. The number of ether oxygens (including phenoxy) is 2. The topological polar surface area (TPSA) is 64.8 Å². The van der Waals surface area contributed by atoms with Gasteiger partial charge in [-0.25, -0.2) is 4.98 Å². The number of benzene rings is 2. The first-order valence-electron chi connectivity index (χ1n) is 9.05. The van der Waals surface area contributed by atoms with Gasteiger partial charge < -0.3 is 18.8 Å². The Kier molecular flexibility index (Phi) is 4.71. The smallest absolute Gasteiger partial charge is 0.254 e. The van der Waals surface area contributed by atoms with Crippen molar-refractivity contribution in [1.82, 2.24) is 9.88 Å². The number of oxazole rings is 1. The Morgan fingerprint density at radius 1 is 1.07 bits per heavy atom. The summed E-state index contributed by atoms with van der Waals surface area (Å²) in [5.74, 6) is 2.22. The highest BCUT2D eigenvalue weighted by atomic mass is 16.5. The van der Waals surface area contributed by atoms with E-state index in [0.29, 0.717) is 30.2 Å². The van der Waals surface area contributed by atoms with Crippen LogP contribution in [0.15, 0.2) is 46.9 Å². The number of piperidine rings is 1. The summed E-state index contributed by atoms with van der Waals surface area (Å²) in [4.78, 5) is 19.4. The summed E-state index contributed by atoms with van der Waals surface area (Å²) in [7, 11) is 3.16. The average Bonchev–Trinajstić information content (AvgIpc) is 3.17. The van der Waals surface area contributed by atoms with E-state index in [2.05, 4.69) is 4.98 Å². The minimum atomic E-state index is -0.0109. The zero-order valence-corrected chi connectivity index (χ0v) is 15.5. The first-order chi connectivity index (χ1) is 13.2. The van der Waals surface area contributed by atoms with E-state index >= 15 is 0 Å². The Labute approximate surface area is 157 Å². The zero-order valence-electron chi connectivity index (χ0n) is 15.5. The van der Waals surface area contributed by atoms with E-state index in [1.54, 1.807) is 32.4 Å². The Hall–Kier alpha value is -3.02. The first-order valence-corrected chi connectivity index (χ1v) is 9.05. The van der Waals surface area contributed by atoms with Crippen molar-refractivity contribution >= 4 is 17.0 Å². The van der Waals surface area contributed by atoms with Gasteiger partial charge in [0, 0.05) is 30.6 Å². The number of likely N-dealkylation sites (tertiary alicyclic amines) is 1. The molecule has 0 unspecified atom stereocenters. The largest absolute Gasteiger partial charge is 0.497 e. The fourth-order valence-corrected chi connectivity index (χ4v) is 3.51. The molecule has 1 aliphatic heterocycles. The van der Waals surface area contributed by atoms with E-state index < -0.39 is 0 Å². The molecule has 1 amide bonds. The average molecular weight is 366 g/mol. The van der Waals surface area contributed by atoms with E-state index in [1.807, 2.05) is 29.2 Å². The van der Waals surface area contributed by atoms with Crippen LogP contribution in [0.1, 0.15) is 35.0 Å². The lowest BCUT2D eigenvalue weighted by molar-refractivity contribution is 0.0706. The van der Waals surface area contributed by atoms with Crippen LogP contribution in [0, 0.1) is 0 Å². The van der Waals surface area contributed by atoms with Gasteiger partial charge in [-0.3, -0.25) is 4.79 Å². The number of nitrogens with zero attached hydrogens (tertiary/aromatic N) is 2. The first kappa shape index (κ1) is 17.4. The normalized spacial score (nSPS) is 15.1. The Morgan fingerprint density at radius 3 is 2.37 bits per heavy atom. The molecule has 0 aliphatic carbocycles. The number of aromatic nitrogens is 1. The number of methoxy groups -OCH3 is 2. The van der Waals surface area contributed by atoms with Gasteiger partial charge in [0.05, 0.1) is 14.2 Å². The predicted molar refractivity (Wildman–Crippen MR) is 101 cm³/mol. The highest BCUT2D eigenvalue weighted by molar-refractivity contribution is 5.95. The number of para-hydroxylation sites is 2. The van der Waals surface area contributed by atoms with Gasteiger partial charge in [-0.1, -0.05) is 12.1 Å². The number of carbonyl (C=O) groups excluding carboxylic acids is 1. The summed E-state index contributed by atoms with van der Waals surface area (Å²) in [5.41, 5.74) is 2.27. The van der Waals surface area contributed by atoms with Gasteiger partial charge in [0.2, 0.25) is 0 Å². The summed E-state index contributed by atoms with van der Waals surface area (Å²) >= 11 is 0. The number of fused-ring (bicyclic) bond motifs is 1. The Bertz CT molecular complexity index is 902. The van der Waals surface area contributed by atoms with Crippen molar-refractivity contribution in [3.8, 4) is 11.5 Å². The highest BCUT2D eigenvalue weighted by Gasteiger charge is 2.28. The van der Waals surface area contributed by atoms with Crippen molar-refractivity contribution in [3.63, 3.8) is 0 Å². The van der Waals surface area contributed by atoms with Crippen molar-refractivity contribution < 1.29 is 18.7 Å². The monoisotopic (exact) mass is 366 g/mol. The van der Waals surface area contributed by atoms with E-state index in [4.69, 9.17) is 13.9 Å². The summed E-state index contributed by atoms with van der Waals surface area (Å²) < 4.78 is 16.4. The van der Waals surface area contributed by atoms with E-state index in [1.165, 1.54) is 0 Å². The third-order valence-electron chi connectivity index (χ3n) is 5.04. The van der Waals surface area contributed by atoms with Crippen LogP contribution in [0.2, 0.25) is 0 Å². The number of carbonyl (C=O) groups is 1. The molecular formula is C21H22N2O4. The number of rotatable bonds is 4. The van der Waals surface area contributed by atoms with Gasteiger partial charge in [-0.15, -0.1) is 0 Å². The molecule has 1 saturated heterocycles. The van der Waals surface area contributed by atoms with Crippen molar-refractivity contribution in [2.24, 2.45) is 0 Å². The molecule has 3 aromatic rings. The number of hydrogen-bond acceptors (Lipinski definition) is 5. The minimum absolute atomic E-state index is 0.0109. The lowest BCUT2D eigenvalue weighted by Gasteiger charge is -2.30. The Balaban J connectivity index is 1.46. The van der Waals surface area contributed by atoms with Gasteiger partial charge in [0.15, 0.2) is 11.5 Å². The molecule has 140 valence electrons. The highest BCUT2D eigenvalue weighted by Crippen LogP contribution is 2.31. The fraction of sp³-hybridized carbons (Fsp3) is 0.333. The molecule has 0 atom stereocenters. The Morgan fingerprint density at radius 2 is 1.74 bits per heavy atom. The van der Waals surface area contributed by atoms with Gasteiger partial charge in [0.25, 0.3) is 5.91 Å². The standard InChI is InChI=1S/C21H22N2O4/c1-25-16-11-15(12-17(13-16)26-2)21(24)23-9-7-14(8-10-23)20-22-18-5-3-4-6-19(18)27-20/h3-6,11-14H,7-10H2,1-2H3. The van der Waals surface area contributed by atoms with Gasteiger partial charge in [-0.05, 0) is 37.1 Å². The molecule has 0 saturated carbocycles. The second-order valence-corrected chi connectivity index (χ2v) is 6.69. The molecule has 1 aromatic heterocycles. The van der Waals surface area contributed by atoms with E-state index in [-0.39, 0.29) is 11.8 Å². The lowest BCUT2D eigenvalue weighted by Crippen LogP contribution is -2.38. The number of hydrogen-bond donors (Lipinski definition) is 0. The minimum Gasteiger partial charge on any atom is -0.497 e. The summed E-state index contributed by atoms with van der Waals surface area (Å²) in [6.07, 6.45) is 1.67. The molecule has 1 aliphatic rings. The molecule has 2 aromatic carbocycles.